The van der Waals surface area contributed by atoms with Crippen molar-refractivity contribution >= 4 is 22.8 Å². The predicted molar refractivity (Wildman–Crippen MR) is 107 cm³/mol. The van der Waals surface area contributed by atoms with Gasteiger partial charge in [-0.05, 0) is 61.6 Å². The van der Waals surface area contributed by atoms with Crippen LogP contribution in [0.2, 0.25) is 0 Å². The van der Waals surface area contributed by atoms with Gasteiger partial charge in [0.25, 0.3) is 0 Å². The Balaban J connectivity index is 1.55. The maximum Gasteiger partial charge on any atom is 0.394 e. The molecule has 0 atom stereocenters. The Morgan fingerprint density at radius 3 is 2.34 bits per heavy atom. The van der Waals surface area contributed by atoms with Crippen molar-refractivity contribution in [3.05, 3.63) is 23.4 Å². The van der Waals surface area contributed by atoms with E-state index in [2.05, 4.69) is 14.9 Å². The predicted octanol–water partition coefficient (Wildman–Crippen LogP) is 5.76. The van der Waals surface area contributed by atoms with Crippen LogP contribution in [0.5, 0.6) is 0 Å². The van der Waals surface area contributed by atoms with Crippen LogP contribution in [0.3, 0.4) is 0 Å². The molecule has 158 valence electrons. The zero-order chi connectivity index (χ0) is 21.4. The molecule has 0 aliphatic heterocycles. The second-order valence-electron chi connectivity index (χ2n) is 10.5. The SMILES string of the molecule is Cc1cc2c(cc(C)n2CC23CC(C(F)(F)F)(C2)C3)nc1NC(=O)CC(C)(C)C. The van der Waals surface area contributed by atoms with Crippen LogP contribution in [0.25, 0.3) is 11.0 Å². The molecule has 2 aromatic heterocycles. The summed E-state index contributed by atoms with van der Waals surface area (Å²) in [6, 6.07) is 3.92. The summed E-state index contributed by atoms with van der Waals surface area (Å²) < 4.78 is 41.6. The molecule has 1 amide bonds. The van der Waals surface area contributed by atoms with Gasteiger partial charge in [0.2, 0.25) is 5.91 Å². The molecule has 3 saturated carbocycles. The van der Waals surface area contributed by atoms with Crippen molar-refractivity contribution in [1.29, 1.82) is 0 Å². The number of aromatic nitrogens is 2. The second kappa shape index (κ2) is 5.99. The maximum absolute atomic E-state index is 13.2. The van der Waals surface area contributed by atoms with Crippen LogP contribution >= 0.6 is 0 Å². The zero-order valence-electron chi connectivity index (χ0n) is 17.6. The van der Waals surface area contributed by atoms with Crippen LogP contribution in [0.1, 0.15) is 57.7 Å². The van der Waals surface area contributed by atoms with Gasteiger partial charge in [0.05, 0.1) is 16.4 Å². The van der Waals surface area contributed by atoms with E-state index in [9.17, 15) is 18.0 Å². The minimum Gasteiger partial charge on any atom is -0.343 e. The van der Waals surface area contributed by atoms with Crippen molar-refractivity contribution in [2.75, 3.05) is 5.32 Å². The summed E-state index contributed by atoms with van der Waals surface area (Å²) in [6.07, 6.45) is -2.99. The fraction of sp³-hybridized carbons (Fsp3) is 0.636. The van der Waals surface area contributed by atoms with Crippen LogP contribution in [0.15, 0.2) is 12.1 Å². The van der Waals surface area contributed by atoms with Gasteiger partial charge in [0.1, 0.15) is 5.82 Å². The number of carbonyl (C=O) groups excluding carboxylic acids is 1. The van der Waals surface area contributed by atoms with Crippen molar-refractivity contribution in [2.24, 2.45) is 16.2 Å². The molecule has 0 unspecified atom stereocenters. The molecule has 0 radical (unpaired) electrons. The molecule has 0 aromatic carbocycles. The van der Waals surface area contributed by atoms with Gasteiger partial charge in [-0.25, -0.2) is 4.98 Å². The highest BCUT2D eigenvalue weighted by Gasteiger charge is 2.78. The Kier molecular flexibility index (Phi) is 4.18. The number of alkyl halides is 3. The van der Waals surface area contributed by atoms with Crippen LogP contribution in [0.4, 0.5) is 19.0 Å². The molecule has 0 saturated heterocycles. The Morgan fingerprint density at radius 1 is 1.17 bits per heavy atom. The number of amides is 1. The topological polar surface area (TPSA) is 46.9 Å². The summed E-state index contributed by atoms with van der Waals surface area (Å²) in [7, 11) is 0. The largest absolute Gasteiger partial charge is 0.394 e. The van der Waals surface area contributed by atoms with Gasteiger partial charge in [0.15, 0.2) is 0 Å². The first-order valence-corrected chi connectivity index (χ1v) is 10.1. The second-order valence-corrected chi connectivity index (χ2v) is 10.5. The molecule has 1 N–H and O–H groups in total. The zero-order valence-corrected chi connectivity index (χ0v) is 17.6. The first kappa shape index (κ1) is 20.2. The summed E-state index contributed by atoms with van der Waals surface area (Å²) in [5, 5.41) is 2.90. The quantitative estimate of drug-likeness (QED) is 0.700. The lowest BCUT2D eigenvalue weighted by Crippen LogP contribution is -2.69. The van der Waals surface area contributed by atoms with Gasteiger partial charge in [-0.3, -0.25) is 4.79 Å². The third-order valence-corrected chi connectivity index (χ3v) is 6.47. The lowest BCUT2D eigenvalue weighted by Gasteiger charge is -2.70. The van der Waals surface area contributed by atoms with Crippen LogP contribution in [-0.4, -0.2) is 21.6 Å². The molecule has 2 bridgehead atoms. The Bertz CT molecular complexity index is 978. The third-order valence-electron chi connectivity index (χ3n) is 6.47. The minimum absolute atomic E-state index is 0.0741. The summed E-state index contributed by atoms with van der Waals surface area (Å²) >= 11 is 0. The number of pyridine rings is 1. The molecule has 5 rings (SSSR count). The van der Waals surface area contributed by atoms with Crippen molar-refractivity contribution < 1.29 is 18.0 Å². The molecule has 0 spiro atoms. The number of hydrogen-bond donors (Lipinski definition) is 1. The standard InChI is InChI=1S/C22H28F3N3O/c1-13-6-16-15(26-18(13)27-17(29)8-19(3,4)5)7-14(2)28(16)12-20-9-21(10-20,11-20)22(23,24)25/h6-7H,8-12H2,1-5H3,(H,26,27,29). The number of hydrogen-bond acceptors (Lipinski definition) is 2. The van der Waals surface area contributed by atoms with Crippen molar-refractivity contribution in [3.8, 4) is 0 Å². The lowest BCUT2D eigenvalue weighted by molar-refractivity contribution is -0.366. The number of nitrogens with zero attached hydrogens (tertiary/aromatic N) is 2. The van der Waals surface area contributed by atoms with E-state index >= 15 is 0 Å². The number of halogens is 3. The van der Waals surface area contributed by atoms with E-state index < -0.39 is 11.6 Å². The highest BCUT2D eigenvalue weighted by molar-refractivity contribution is 5.92. The first-order chi connectivity index (χ1) is 13.2. The summed E-state index contributed by atoms with van der Waals surface area (Å²) in [6.45, 7) is 10.5. The highest BCUT2D eigenvalue weighted by atomic mass is 19.4. The minimum atomic E-state index is -4.08. The molecule has 4 nitrogen and oxygen atoms in total. The molecular formula is C22H28F3N3O. The maximum atomic E-state index is 13.2. The Labute approximate surface area is 168 Å². The van der Waals surface area contributed by atoms with Gasteiger partial charge in [-0.1, -0.05) is 20.8 Å². The number of nitrogens with one attached hydrogen (secondary N) is 1. The van der Waals surface area contributed by atoms with E-state index in [-0.39, 0.29) is 36.0 Å². The van der Waals surface area contributed by atoms with E-state index in [0.29, 0.717) is 18.8 Å². The van der Waals surface area contributed by atoms with Crippen LogP contribution < -0.4 is 5.32 Å². The third kappa shape index (κ3) is 3.32. The molecule has 29 heavy (non-hydrogen) atoms. The van der Waals surface area contributed by atoms with Crippen molar-refractivity contribution in [2.45, 2.75) is 73.0 Å². The highest BCUT2D eigenvalue weighted by Crippen LogP contribution is 2.79. The first-order valence-electron chi connectivity index (χ1n) is 10.1. The Hall–Kier alpha value is -2.05. The molecule has 2 heterocycles. The molecule has 7 heteroatoms. The number of aryl methyl sites for hydroxylation is 2. The van der Waals surface area contributed by atoms with Gasteiger partial charge >= 0.3 is 6.18 Å². The number of fused-ring (bicyclic) bond motifs is 1. The van der Waals surface area contributed by atoms with E-state index in [1.807, 2.05) is 46.8 Å². The molecule has 3 fully saturated rings. The number of rotatable bonds is 4. The van der Waals surface area contributed by atoms with Gasteiger partial charge < -0.3 is 9.88 Å². The molecule has 3 aliphatic rings. The normalized spacial score (nSPS) is 26.2. The van der Waals surface area contributed by atoms with Gasteiger partial charge in [-0.15, -0.1) is 0 Å². The van der Waals surface area contributed by atoms with Crippen LogP contribution in [-0.2, 0) is 11.3 Å². The van der Waals surface area contributed by atoms with Gasteiger partial charge in [0, 0.05) is 18.7 Å². The van der Waals surface area contributed by atoms with Gasteiger partial charge in [-0.2, -0.15) is 13.2 Å². The average molecular weight is 407 g/mol. The number of carbonyl (C=O) groups is 1. The molecule has 2 aromatic rings. The summed E-state index contributed by atoms with van der Waals surface area (Å²) in [5.41, 5.74) is 1.73. The fourth-order valence-electron chi connectivity index (χ4n) is 5.20. The van der Waals surface area contributed by atoms with E-state index in [1.165, 1.54) is 0 Å². The lowest BCUT2D eigenvalue weighted by atomic mass is 9.35. The summed E-state index contributed by atoms with van der Waals surface area (Å²) in [5.74, 6) is 0.473. The van der Waals surface area contributed by atoms with Crippen LogP contribution in [0, 0.1) is 30.1 Å². The number of anilines is 1. The van der Waals surface area contributed by atoms with Crippen molar-refractivity contribution in [3.63, 3.8) is 0 Å². The average Bonchev–Trinajstić information content (AvgIpc) is 2.73. The smallest absolute Gasteiger partial charge is 0.343 e. The van der Waals surface area contributed by atoms with E-state index in [4.69, 9.17) is 0 Å². The molecular weight excluding hydrogens is 379 g/mol. The molecule has 3 aliphatic carbocycles. The van der Waals surface area contributed by atoms with E-state index in [1.54, 1.807) is 0 Å². The van der Waals surface area contributed by atoms with E-state index in [0.717, 1.165) is 22.3 Å². The fourth-order valence-corrected chi connectivity index (χ4v) is 5.20. The summed E-state index contributed by atoms with van der Waals surface area (Å²) in [4.78, 5) is 16.9. The monoisotopic (exact) mass is 407 g/mol. The van der Waals surface area contributed by atoms with Crippen molar-refractivity contribution in [1.82, 2.24) is 9.55 Å². The Morgan fingerprint density at radius 2 is 1.79 bits per heavy atom.